The van der Waals surface area contributed by atoms with Crippen molar-refractivity contribution in [3.63, 3.8) is 0 Å². The molecule has 0 radical (unpaired) electrons. The topological polar surface area (TPSA) is 116 Å². The fourth-order valence-electron chi connectivity index (χ4n) is 5.08. The highest BCUT2D eigenvalue weighted by Crippen LogP contribution is 2.35. The molecule has 0 saturated carbocycles. The zero-order valence-electron chi connectivity index (χ0n) is 22.3. The lowest BCUT2D eigenvalue weighted by Gasteiger charge is -2.40. The summed E-state index contributed by atoms with van der Waals surface area (Å²) in [6, 6.07) is 2.76. The van der Waals surface area contributed by atoms with Gasteiger partial charge >= 0.3 is 0 Å². The summed E-state index contributed by atoms with van der Waals surface area (Å²) in [5, 5.41) is 7.99. The molecule has 2 aliphatic rings. The minimum Gasteiger partial charge on any atom is -0.355 e. The van der Waals surface area contributed by atoms with Crippen molar-refractivity contribution in [3.05, 3.63) is 36.3 Å². The van der Waals surface area contributed by atoms with Crippen molar-refractivity contribution in [2.45, 2.75) is 39.2 Å². The van der Waals surface area contributed by atoms with Crippen molar-refractivity contribution in [3.8, 4) is 0 Å². The van der Waals surface area contributed by atoms with Crippen LogP contribution in [0.2, 0.25) is 0 Å². The van der Waals surface area contributed by atoms with Gasteiger partial charge in [-0.3, -0.25) is 0 Å². The number of anilines is 4. The molecule has 3 aromatic rings. The van der Waals surface area contributed by atoms with E-state index in [0.29, 0.717) is 43.8 Å². The maximum absolute atomic E-state index is 13.2. The van der Waals surface area contributed by atoms with Gasteiger partial charge in [0.25, 0.3) is 6.43 Å². The summed E-state index contributed by atoms with van der Waals surface area (Å²) in [5.41, 5.74) is 1.08. The number of halogens is 2. The van der Waals surface area contributed by atoms with Crippen molar-refractivity contribution in [2.24, 2.45) is 5.92 Å². The smallest absolute Gasteiger partial charge is 0.255 e. The molecule has 2 aliphatic heterocycles. The lowest BCUT2D eigenvalue weighted by molar-refractivity contribution is 0.0956. The van der Waals surface area contributed by atoms with E-state index in [4.69, 9.17) is 4.98 Å². The van der Waals surface area contributed by atoms with E-state index in [9.17, 15) is 17.2 Å². The number of pyridine rings is 2. The Morgan fingerprint density at radius 2 is 1.87 bits per heavy atom. The molecule has 13 heteroatoms. The average Bonchev–Trinajstić information content (AvgIpc) is 2.90. The number of sulfone groups is 1. The van der Waals surface area contributed by atoms with Crippen molar-refractivity contribution in [1.29, 1.82) is 0 Å². The minimum absolute atomic E-state index is 0.101. The molecule has 2 N–H and O–H groups in total. The van der Waals surface area contributed by atoms with Gasteiger partial charge in [-0.25, -0.2) is 32.2 Å². The first-order valence-electron chi connectivity index (χ1n) is 13.2. The molecule has 3 aromatic heterocycles. The number of nitrogens with one attached hydrogen (secondary N) is 2. The number of hydrogen-bond acceptors (Lipinski definition) is 10. The zero-order valence-corrected chi connectivity index (χ0v) is 23.1. The van der Waals surface area contributed by atoms with Crippen LogP contribution in [0.1, 0.15) is 32.3 Å². The Hall–Kier alpha value is -3.19. The highest BCUT2D eigenvalue weighted by Gasteiger charge is 2.32. The number of hydrogen-bond donors (Lipinski definition) is 2. The lowest BCUT2D eigenvalue weighted by Crippen LogP contribution is -2.54. The van der Waals surface area contributed by atoms with Crippen LogP contribution in [0, 0.1) is 5.92 Å². The third kappa shape index (κ3) is 6.03. The second-order valence-electron chi connectivity index (χ2n) is 10.5. The monoisotopic (exact) mass is 560 g/mol. The first-order valence-corrected chi connectivity index (χ1v) is 15.1. The number of aromatic nitrogens is 4. The Labute approximate surface area is 227 Å². The molecule has 0 bridgehead atoms. The van der Waals surface area contributed by atoms with Crippen molar-refractivity contribution < 1.29 is 17.2 Å². The molecule has 0 unspecified atom stereocenters. The van der Waals surface area contributed by atoms with Crippen LogP contribution in [0.3, 0.4) is 0 Å². The summed E-state index contributed by atoms with van der Waals surface area (Å²) >= 11 is 0. The molecule has 0 aliphatic carbocycles. The molecule has 5 heterocycles. The second kappa shape index (κ2) is 11.1. The van der Waals surface area contributed by atoms with Crippen LogP contribution >= 0.6 is 0 Å². The molecule has 2 fully saturated rings. The first kappa shape index (κ1) is 27.4. The predicted molar refractivity (Wildman–Crippen MR) is 149 cm³/mol. The van der Waals surface area contributed by atoms with Crippen molar-refractivity contribution in [1.82, 2.24) is 25.3 Å². The van der Waals surface area contributed by atoms with Gasteiger partial charge < -0.3 is 20.4 Å². The van der Waals surface area contributed by atoms with E-state index in [1.807, 2.05) is 12.3 Å². The van der Waals surface area contributed by atoms with Crippen molar-refractivity contribution in [2.75, 3.05) is 59.3 Å². The van der Waals surface area contributed by atoms with Gasteiger partial charge in [-0.1, -0.05) is 20.8 Å². The second-order valence-corrected chi connectivity index (χ2v) is 12.9. The van der Waals surface area contributed by atoms with Crippen LogP contribution in [-0.4, -0.2) is 85.1 Å². The van der Waals surface area contributed by atoms with E-state index < -0.39 is 22.3 Å². The normalized spacial score (nSPS) is 18.7. The van der Waals surface area contributed by atoms with Gasteiger partial charge in [-0.2, -0.15) is 4.98 Å². The molecule has 0 spiro atoms. The van der Waals surface area contributed by atoms with E-state index in [0.717, 1.165) is 22.2 Å². The van der Waals surface area contributed by atoms with Crippen LogP contribution in [0.4, 0.5) is 32.2 Å². The predicted octanol–water partition coefficient (Wildman–Crippen LogP) is 3.20. The fourth-order valence-corrected chi connectivity index (χ4v) is 6.24. The Morgan fingerprint density at radius 1 is 1.08 bits per heavy atom. The Kier molecular flexibility index (Phi) is 7.81. The SMILES string of the molecule is CCS(=O)(=O)CC1CN(c2ncc(C(C)C)c3cc(Nc4ccnc(N5CCN[C@@H](C(F)F)C5)n4)ncc23)C1. The average molecular weight is 561 g/mol. The van der Waals surface area contributed by atoms with Gasteiger partial charge in [0.2, 0.25) is 5.95 Å². The zero-order chi connectivity index (χ0) is 27.7. The van der Waals surface area contributed by atoms with Gasteiger partial charge in [-0.15, -0.1) is 0 Å². The molecule has 0 amide bonds. The van der Waals surface area contributed by atoms with Crippen LogP contribution in [0.5, 0.6) is 0 Å². The van der Waals surface area contributed by atoms with Crippen LogP contribution < -0.4 is 20.4 Å². The van der Waals surface area contributed by atoms with Crippen LogP contribution in [0.15, 0.2) is 30.7 Å². The number of fused-ring (bicyclic) bond motifs is 1. The molecule has 0 aromatic carbocycles. The highest BCUT2D eigenvalue weighted by molar-refractivity contribution is 7.91. The van der Waals surface area contributed by atoms with Gasteiger partial charge in [-0.05, 0) is 29.0 Å². The molecular weight excluding hydrogens is 526 g/mol. The maximum Gasteiger partial charge on any atom is 0.255 e. The molecule has 2 saturated heterocycles. The molecule has 1 atom stereocenters. The summed E-state index contributed by atoms with van der Waals surface area (Å²) in [7, 11) is -3.02. The molecule has 39 heavy (non-hydrogen) atoms. The van der Waals surface area contributed by atoms with Gasteiger partial charge in [0.15, 0.2) is 0 Å². The van der Waals surface area contributed by atoms with Gasteiger partial charge in [0, 0.05) is 68.4 Å². The third-order valence-corrected chi connectivity index (χ3v) is 9.14. The van der Waals surface area contributed by atoms with E-state index in [1.165, 1.54) is 0 Å². The minimum atomic E-state index is -3.02. The summed E-state index contributed by atoms with van der Waals surface area (Å²) in [4.78, 5) is 22.1. The summed E-state index contributed by atoms with van der Waals surface area (Å²) < 4.78 is 50.5. The van der Waals surface area contributed by atoms with Gasteiger partial charge in [0.1, 0.15) is 27.3 Å². The Morgan fingerprint density at radius 3 is 2.59 bits per heavy atom. The van der Waals surface area contributed by atoms with Crippen LogP contribution in [-0.2, 0) is 9.84 Å². The largest absolute Gasteiger partial charge is 0.355 e. The summed E-state index contributed by atoms with van der Waals surface area (Å²) in [6.45, 7) is 8.28. The fraction of sp³-hybridized carbons (Fsp3) is 0.538. The molecular formula is C26H34F2N8O2S. The quantitative estimate of drug-likeness (QED) is 0.404. The summed E-state index contributed by atoms with van der Waals surface area (Å²) in [6.07, 6.45) is 2.81. The maximum atomic E-state index is 13.2. The van der Waals surface area contributed by atoms with Crippen molar-refractivity contribution >= 4 is 44.0 Å². The number of rotatable bonds is 9. The molecule has 10 nitrogen and oxygen atoms in total. The van der Waals surface area contributed by atoms with Crippen LogP contribution in [0.25, 0.3) is 10.8 Å². The van der Waals surface area contributed by atoms with E-state index in [2.05, 4.69) is 44.3 Å². The standard InChI is InChI=1S/C26H34F2N8O2S/c1-4-39(37,38)15-17-12-36(13-17)25-20-11-31-23(9-18(20)19(10-32-25)16(2)3)33-22-5-6-30-26(34-22)35-8-7-29-21(14-35)24(27)28/h5-6,9-11,16-17,21,24,29H,4,7-8,12-15H2,1-3H3,(H,30,31,33,34)/t21-/m1/s1. The Bertz CT molecular complexity index is 1430. The number of piperazine rings is 1. The lowest BCUT2D eigenvalue weighted by atomic mass is 9.97. The first-order chi connectivity index (χ1) is 18.6. The molecule has 5 rings (SSSR count). The highest BCUT2D eigenvalue weighted by atomic mass is 32.2. The molecule has 210 valence electrons. The number of alkyl halides is 2. The Balaban J connectivity index is 1.37. The van der Waals surface area contributed by atoms with E-state index in [1.54, 1.807) is 30.3 Å². The summed E-state index contributed by atoms with van der Waals surface area (Å²) in [5.74, 6) is 2.98. The number of nitrogens with zero attached hydrogens (tertiary/aromatic N) is 6. The van der Waals surface area contributed by atoms with E-state index in [-0.39, 0.29) is 29.9 Å². The van der Waals surface area contributed by atoms with Gasteiger partial charge in [0.05, 0.1) is 11.8 Å². The van der Waals surface area contributed by atoms with E-state index >= 15 is 0 Å². The third-order valence-electron chi connectivity index (χ3n) is 7.28.